The molecule has 1 aromatic carbocycles. The number of imidazole rings is 1. The number of benzene rings is 1. The standard InChI is InChI=1S/C11H8BrFN2O2/c1-17-11(16)9-5-14-10(15-9)6-2-3-8(13)7(12)4-6/h2-5H,1H3,(H,14,15). The number of esters is 1. The first-order valence-corrected chi connectivity index (χ1v) is 5.50. The third-order valence-corrected chi connectivity index (χ3v) is 2.78. The first-order valence-electron chi connectivity index (χ1n) is 4.70. The van der Waals surface area contributed by atoms with Crippen LogP contribution in [0.5, 0.6) is 0 Å². The molecule has 0 atom stereocenters. The molecular weight excluding hydrogens is 291 g/mol. The van der Waals surface area contributed by atoms with Gasteiger partial charge in [-0.1, -0.05) is 0 Å². The quantitative estimate of drug-likeness (QED) is 0.868. The highest BCUT2D eigenvalue weighted by atomic mass is 79.9. The van der Waals surface area contributed by atoms with Crippen molar-refractivity contribution in [2.24, 2.45) is 0 Å². The molecule has 0 bridgehead atoms. The Morgan fingerprint density at radius 1 is 1.53 bits per heavy atom. The lowest BCUT2D eigenvalue weighted by molar-refractivity contribution is 0.0595. The topological polar surface area (TPSA) is 55.0 Å². The van der Waals surface area contributed by atoms with Crippen LogP contribution in [0.2, 0.25) is 0 Å². The molecule has 0 aliphatic heterocycles. The molecule has 4 nitrogen and oxygen atoms in total. The zero-order valence-corrected chi connectivity index (χ0v) is 10.4. The number of hydrogen-bond donors (Lipinski definition) is 1. The first kappa shape index (κ1) is 11.8. The highest BCUT2D eigenvalue weighted by molar-refractivity contribution is 9.10. The average molecular weight is 299 g/mol. The lowest BCUT2D eigenvalue weighted by Crippen LogP contribution is -2.00. The highest BCUT2D eigenvalue weighted by Crippen LogP contribution is 2.23. The van der Waals surface area contributed by atoms with Gasteiger partial charge in [-0.2, -0.15) is 0 Å². The number of carbonyl (C=O) groups excluding carboxylic acids is 1. The van der Waals surface area contributed by atoms with Crippen LogP contribution in [0.3, 0.4) is 0 Å². The lowest BCUT2D eigenvalue weighted by atomic mass is 10.2. The molecule has 88 valence electrons. The molecular formula is C11H8BrFN2O2. The van der Waals surface area contributed by atoms with Gasteiger partial charge in [0.2, 0.25) is 0 Å². The van der Waals surface area contributed by atoms with E-state index in [-0.39, 0.29) is 11.5 Å². The van der Waals surface area contributed by atoms with Crippen LogP contribution in [0.1, 0.15) is 10.5 Å². The number of hydrogen-bond acceptors (Lipinski definition) is 3. The summed E-state index contributed by atoms with van der Waals surface area (Å²) in [6, 6.07) is 4.47. The zero-order chi connectivity index (χ0) is 12.4. The monoisotopic (exact) mass is 298 g/mol. The Kier molecular flexibility index (Phi) is 3.23. The maximum absolute atomic E-state index is 13.1. The number of rotatable bonds is 2. The number of H-pyrrole nitrogens is 1. The van der Waals surface area contributed by atoms with Crippen molar-refractivity contribution in [2.75, 3.05) is 7.11 Å². The van der Waals surface area contributed by atoms with Crippen LogP contribution in [-0.4, -0.2) is 23.0 Å². The zero-order valence-electron chi connectivity index (χ0n) is 8.83. The van der Waals surface area contributed by atoms with Crippen LogP contribution < -0.4 is 0 Å². The van der Waals surface area contributed by atoms with Gasteiger partial charge < -0.3 is 9.72 Å². The SMILES string of the molecule is COC(=O)c1cnc(-c2ccc(F)c(Br)c2)[nH]1. The third kappa shape index (κ3) is 2.36. The van der Waals surface area contributed by atoms with Gasteiger partial charge in [0, 0.05) is 5.56 Å². The van der Waals surface area contributed by atoms with Gasteiger partial charge in [-0.15, -0.1) is 0 Å². The molecule has 0 fully saturated rings. The third-order valence-electron chi connectivity index (χ3n) is 2.17. The number of carbonyl (C=O) groups is 1. The van der Waals surface area contributed by atoms with Gasteiger partial charge in [-0.05, 0) is 34.1 Å². The van der Waals surface area contributed by atoms with Crippen LogP contribution in [-0.2, 0) is 4.74 Å². The minimum absolute atomic E-state index is 0.253. The molecule has 0 amide bonds. The molecule has 0 aliphatic rings. The van der Waals surface area contributed by atoms with E-state index in [2.05, 4.69) is 30.6 Å². The van der Waals surface area contributed by atoms with Crippen molar-refractivity contribution in [3.63, 3.8) is 0 Å². The summed E-state index contributed by atoms with van der Waals surface area (Å²) in [5.74, 6) is -0.371. The number of aromatic amines is 1. The van der Waals surface area contributed by atoms with Crippen molar-refractivity contribution in [1.29, 1.82) is 0 Å². The summed E-state index contributed by atoms with van der Waals surface area (Å²) in [5, 5.41) is 0. The fraction of sp³-hybridized carbons (Fsp3) is 0.0909. The van der Waals surface area contributed by atoms with Gasteiger partial charge in [0.1, 0.15) is 17.3 Å². The van der Waals surface area contributed by atoms with E-state index in [1.54, 1.807) is 12.1 Å². The van der Waals surface area contributed by atoms with Crippen molar-refractivity contribution in [1.82, 2.24) is 9.97 Å². The Labute approximate surface area is 105 Å². The maximum Gasteiger partial charge on any atom is 0.356 e. The Hall–Kier alpha value is -1.69. The van der Waals surface area contributed by atoms with Crippen molar-refractivity contribution in [2.45, 2.75) is 0 Å². The molecule has 17 heavy (non-hydrogen) atoms. The molecule has 0 spiro atoms. The molecule has 6 heteroatoms. The van der Waals surface area contributed by atoms with Gasteiger partial charge in [-0.25, -0.2) is 14.2 Å². The predicted molar refractivity (Wildman–Crippen MR) is 63.0 cm³/mol. The summed E-state index contributed by atoms with van der Waals surface area (Å²) in [6.07, 6.45) is 1.37. The van der Waals surface area contributed by atoms with E-state index in [0.717, 1.165) is 0 Å². The summed E-state index contributed by atoms with van der Waals surface area (Å²) in [7, 11) is 1.29. The molecule has 0 radical (unpaired) electrons. The Morgan fingerprint density at radius 3 is 2.94 bits per heavy atom. The van der Waals surface area contributed by atoms with E-state index in [0.29, 0.717) is 15.9 Å². The number of aromatic nitrogens is 2. The summed E-state index contributed by atoms with van der Waals surface area (Å²) in [4.78, 5) is 18.0. The van der Waals surface area contributed by atoms with Crippen LogP contribution in [0.15, 0.2) is 28.9 Å². The Balaban J connectivity index is 2.37. The Bertz CT molecular complexity index is 568. The molecule has 2 aromatic rings. The predicted octanol–water partition coefficient (Wildman–Crippen LogP) is 2.76. The summed E-state index contributed by atoms with van der Waals surface area (Å²) < 4.78 is 17.9. The first-order chi connectivity index (χ1) is 8.11. The van der Waals surface area contributed by atoms with Crippen molar-refractivity contribution < 1.29 is 13.9 Å². The number of nitrogens with zero attached hydrogens (tertiary/aromatic N) is 1. The molecule has 1 N–H and O–H groups in total. The second kappa shape index (κ2) is 4.67. The number of methoxy groups -OCH3 is 1. The summed E-state index contributed by atoms with van der Waals surface area (Å²) in [6.45, 7) is 0. The van der Waals surface area contributed by atoms with Crippen molar-refractivity contribution in [3.8, 4) is 11.4 Å². The Morgan fingerprint density at radius 2 is 2.29 bits per heavy atom. The maximum atomic E-state index is 13.1. The van der Waals surface area contributed by atoms with E-state index < -0.39 is 5.97 Å². The number of nitrogens with one attached hydrogen (secondary N) is 1. The van der Waals surface area contributed by atoms with E-state index >= 15 is 0 Å². The van der Waals surface area contributed by atoms with Gasteiger partial charge in [-0.3, -0.25) is 0 Å². The molecule has 0 aliphatic carbocycles. The van der Waals surface area contributed by atoms with Gasteiger partial charge in [0.25, 0.3) is 0 Å². The van der Waals surface area contributed by atoms with Gasteiger partial charge in [0.05, 0.1) is 17.8 Å². The fourth-order valence-corrected chi connectivity index (χ4v) is 1.70. The van der Waals surface area contributed by atoms with Gasteiger partial charge in [0.15, 0.2) is 0 Å². The molecule has 0 saturated carbocycles. The molecule has 1 heterocycles. The average Bonchev–Trinajstić information content (AvgIpc) is 2.81. The number of halogens is 2. The molecule has 2 rings (SSSR count). The second-order valence-corrected chi connectivity index (χ2v) is 4.12. The summed E-state index contributed by atoms with van der Waals surface area (Å²) in [5.41, 5.74) is 0.927. The number of ether oxygens (including phenoxy) is 1. The molecule has 0 unspecified atom stereocenters. The van der Waals surface area contributed by atoms with Crippen LogP contribution in [0.4, 0.5) is 4.39 Å². The van der Waals surface area contributed by atoms with Gasteiger partial charge >= 0.3 is 5.97 Å². The van der Waals surface area contributed by atoms with E-state index in [1.807, 2.05) is 0 Å². The second-order valence-electron chi connectivity index (χ2n) is 3.27. The lowest BCUT2D eigenvalue weighted by Gasteiger charge is -1.99. The minimum atomic E-state index is -0.495. The summed E-state index contributed by atoms with van der Waals surface area (Å²) >= 11 is 3.08. The van der Waals surface area contributed by atoms with Crippen LogP contribution in [0.25, 0.3) is 11.4 Å². The highest BCUT2D eigenvalue weighted by Gasteiger charge is 2.11. The van der Waals surface area contributed by atoms with E-state index in [9.17, 15) is 9.18 Å². The van der Waals surface area contributed by atoms with E-state index in [4.69, 9.17) is 0 Å². The molecule has 1 aromatic heterocycles. The van der Waals surface area contributed by atoms with E-state index in [1.165, 1.54) is 19.4 Å². The van der Waals surface area contributed by atoms with Crippen LogP contribution >= 0.6 is 15.9 Å². The molecule has 0 saturated heterocycles. The normalized spacial score (nSPS) is 10.3. The van der Waals surface area contributed by atoms with Crippen LogP contribution in [0, 0.1) is 5.82 Å². The fourth-order valence-electron chi connectivity index (χ4n) is 1.33. The van der Waals surface area contributed by atoms with Crippen molar-refractivity contribution in [3.05, 3.63) is 40.4 Å². The van der Waals surface area contributed by atoms with Crippen molar-refractivity contribution >= 4 is 21.9 Å². The smallest absolute Gasteiger partial charge is 0.356 e. The minimum Gasteiger partial charge on any atom is -0.464 e. The largest absolute Gasteiger partial charge is 0.464 e.